The highest BCUT2D eigenvalue weighted by molar-refractivity contribution is 5.80. The minimum atomic E-state index is -1.14. The van der Waals surface area contributed by atoms with Gasteiger partial charge in [0.15, 0.2) is 0 Å². The Kier molecular flexibility index (Phi) is 6.90. The summed E-state index contributed by atoms with van der Waals surface area (Å²) >= 11 is 0. The van der Waals surface area contributed by atoms with Gasteiger partial charge in [-0.2, -0.15) is 0 Å². The number of nitrogens with one attached hydrogen (secondary N) is 1. The van der Waals surface area contributed by atoms with Crippen molar-refractivity contribution in [1.29, 1.82) is 0 Å². The lowest BCUT2D eigenvalue weighted by Gasteiger charge is -2.23. The number of nitrogens with zero attached hydrogens (tertiary/aromatic N) is 1. The van der Waals surface area contributed by atoms with Crippen LogP contribution in [0, 0.1) is 16.0 Å². The van der Waals surface area contributed by atoms with Gasteiger partial charge in [-0.15, -0.1) is 0 Å². The summed E-state index contributed by atoms with van der Waals surface area (Å²) in [6.45, 7) is 6.94. The van der Waals surface area contributed by atoms with Crippen molar-refractivity contribution in [2.45, 2.75) is 52.2 Å². The molecule has 0 heterocycles. The quantitative estimate of drug-likeness (QED) is 0.575. The van der Waals surface area contributed by atoms with Crippen LogP contribution < -0.4 is 5.32 Å². The number of carbonyl (C=O) groups is 2. The van der Waals surface area contributed by atoms with E-state index in [0.29, 0.717) is 6.42 Å². The number of non-ortho nitro benzene ring substituents is 1. The second-order valence-electron chi connectivity index (χ2n) is 7.01. The van der Waals surface area contributed by atoms with Crippen LogP contribution in [0.1, 0.15) is 39.7 Å². The molecule has 0 aromatic heterocycles. The predicted octanol–water partition coefficient (Wildman–Crippen LogP) is 3.14. The number of nitro groups is 1. The van der Waals surface area contributed by atoms with Crippen molar-refractivity contribution in [3.8, 4) is 0 Å². The van der Waals surface area contributed by atoms with Crippen molar-refractivity contribution < 1.29 is 24.4 Å². The Balaban J connectivity index is 2.64. The first-order valence-corrected chi connectivity index (χ1v) is 7.93. The third-order valence-corrected chi connectivity index (χ3v) is 3.36. The first kappa shape index (κ1) is 20.4. The molecule has 1 aromatic carbocycles. The first-order valence-electron chi connectivity index (χ1n) is 7.93. The van der Waals surface area contributed by atoms with E-state index < -0.39 is 28.6 Å². The maximum absolute atomic E-state index is 11.8. The van der Waals surface area contributed by atoms with Gasteiger partial charge in [0.2, 0.25) is 0 Å². The summed E-state index contributed by atoms with van der Waals surface area (Å²) in [4.78, 5) is 33.3. The summed E-state index contributed by atoms with van der Waals surface area (Å²) in [5.74, 6) is -1.20. The fourth-order valence-corrected chi connectivity index (χ4v) is 2.31. The predicted molar refractivity (Wildman–Crippen MR) is 91.4 cm³/mol. The Hall–Kier alpha value is -2.64. The highest BCUT2D eigenvalue weighted by Crippen LogP contribution is 2.18. The Bertz CT molecular complexity index is 621. The number of carboxylic acid groups (broad SMARTS) is 1. The number of amides is 1. The molecule has 2 atom stereocenters. The maximum atomic E-state index is 11.8. The highest BCUT2D eigenvalue weighted by Gasteiger charge is 2.25. The van der Waals surface area contributed by atoms with Crippen molar-refractivity contribution >= 4 is 17.7 Å². The number of carbonyl (C=O) groups excluding carboxylic acids is 1. The molecule has 0 saturated carbocycles. The molecule has 1 rings (SSSR count). The van der Waals surface area contributed by atoms with Crippen molar-refractivity contribution in [2.75, 3.05) is 0 Å². The number of nitro benzene ring substituents is 1. The molecule has 0 saturated heterocycles. The first-order chi connectivity index (χ1) is 11.5. The van der Waals surface area contributed by atoms with Gasteiger partial charge in [0.25, 0.3) is 5.69 Å². The zero-order valence-corrected chi connectivity index (χ0v) is 14.8. The molecule has 0 radical (unpaired) electrons. The van der Waals surface area contributed by atoms with Crippen molar-refractivity contribution in [3.63, 3.8) is 0 Å². The normalized spacial score (nSPS) is 13.6. The van der Waals surface area contributed by atoms with Crippen molar-refractivity contribution in [1.82, 2.24) is 5.32 Å². The van der Waals surface area contributed by atoms with E-state index in [1.54, 1.807) is 32.9 Å². The van der Waals surface area contributed by atoms with Crippen LogP contribution in [0.2, 0.25) is 0 Å². The van der Waals surface area contributed by atoms with Gasteiger partial charge in [0, 0.05) is 12.1 Å². The molecule has 1 aromatic rings. The molecule has 138 valence electrons. The summed E-state index contributed by atoms with van der Waals surface area (Å²) in [7, 11) is 0. The van der Waals surface area contributed by atoms with Gasteiger partial charge in [-0.3, -0.25) is 10.1 Å². The second-order valence-corrected chi connectivity index (χ2v) is 7.01. The Labute approximate surface area is 146 Å². The zero-order valence-electron chi connectivity index (χ0n) is 14.8. The summed E-state index contributed by atoms with van der Waals surface area (Å²) in [5.41, 5.74) is 0.156. The number of aliphatic carboxylic acids is 1. The summed E-state index contributed by atoms with van der Waals surface area (Å²) in [5, 5.41) is 22.3. The molecule has 0 spiro atoms. The lowest BCUT2D eigenvalue weighted by atomic mass is 9.94. The molecule has 8 nitrogen and oxygen atoms in total. The van der Waals surface area contributed by atoms with E-state index in [4.69, 9.17) is 4.74 Å². The van der Waals surface area contributed by atoms with Gasteiger partial charge in [0.05, 0.1) is 4.92 Å². The Morgan fingerprint density at radius 3 is 2.28 bits per heavy atom. The molecule has 2 unspecified atom stereocenters. The third kappa shape index (κ3) is 7.65. The van der Waals surface area contributed by atoms with Crippen molar-refractivity contribution in [3.05, 3.63) is 39.9 Å². The fourth-order valence-electron chi connectivity index (χ4n) is 2.31. The SMILES string of the molecule is CC(Cc1ccc([N+](=O)[O-])cc1)CC(NC(=O)OC(C)(C)C)C(=O)O. The van der Waals surface area contributed by atoms with Crippen LogP contribution in [0.3, 0.4) is 0 Å². The molecule has 0 fully saturated rings. The van der Waals surface area contributed by atoms with E-state index in [0.717, 1.165) is 5.56 Å². The molecule has 0 aliphatic carbocycles. The van der Waals surface area contributed by atoms with E-state index in [2.05, 4.69) is 5.32 Å². The van der Waals surface area contributed by atoms with Gasteiger partial charge in [-0.1, -0.05) is 19.1 Å². The molecular weight excluding hydrogens is 328 g/mol. The second kappa shape index (κ2) is 8.46. The maximum Gasteiger partial charge on any atom is 0.408 e. The molecule has 1 amide bonds. The lowest BCUT2D eigenvalue weighted by Crippen LogP contribution is -2.44. The number of hydrogen-bond donors (Lipinski definition) is 2. The summed E-state index contributed by atoms with van der Waals surface area (Å²) in [6, 6.07) is 5.05. The van der Waals surface area contributed by atoms with Crippen LogP contribution in [0.25, 0.3) is 0 Å². The minimum Gasteiger partial charge on any atom is -0.480 e. The van der Waals surface area contributed by atoms with Crippen LogP contribution in [0.5, 0.6) is 0 Å². The van der Waals surface area contributed by atoms with Crippen LogP contribution in [0.15, 0.2) is 24.3 Å². The summed E-state index contributed by atoms with van der Waals surface area (Å²) in [6.07, 6.45) is -0.0222. The molecule has 0 aliphatic rings. The van der Waals surface area contributed by atoms with E-state index in [1.165, 1.54) is 12.1 Å². The zero-order chi connectivity index (χ0) is 19.2. The molecule has 0 bridgehead atoms. The smallest absolute Gasteiger partial charge is 0.408 e. The highest BCUT2D eigenvalue weighted by atomic mass is 16.6. The number of rotatable bonds is 7. The van der Waals surface area contributed by atoms with Gasteiger partial charge >= 0.3 is 12.1 Å². The largest absolute Gasteiger partial charge is 0.480 e. The number of hydrogen-bond acceptors (Lipinski definition) is 5. The van der Waals surface area contributed by atoms with Crippen LogP contribution in [0.4, 0.5) is 10.5 Å². The average Bonchev–Trinajstić information content (AvgIpc) is 2.44. The van der Waals surface area contributed by atoms with E-state index in [1.807, 2.05) is 6.92 Å². The standard InChI is InChI=1S/C17H24N2O6/c1-11(9-12-5-7-13(8-6-12)19(23)24)10-14(15(20)21)18-16(22)25-17(2,3)4/h5-8,11,14H,9-10H2,1-4H3,(H,18,22)(H,20,21). The van der Waals surface area contributed by atoms with Crippen LogP contribution in [-0.4, -0.2) is 33.7 Å². The molecule has 8 heteroatoms. The minimum absolute atomic E-state index is 0.00593. The number of benzene rings is 1. The Morgan fingerprint density at radius 1 is 1.28 bits per heavy atom. The van der Waals surface area contributed by atoms with E-state index >= 15 is 0 Å². The van der Waals surface area contributed by atoms with Crippen molar-refractivity contribution in [2.24, 2.45) is 5.92 Å². The van der Waals surface area contributed by atoms with Crippen LogP contribution >= 0.6 is 0 Å². The summed E-state index contributed by atoms with van der Waals surface area (Å²) < 4.78 is 5.08. The molecule has 25 heavy (non-hydrogen) atoms. The molecule has 0 aliphatic heterocycles. The monoisotopic (exact) mass is 352 g/mol. The number of ether oxygens (including phenoxy) is 1. The van der Waals surface area contributed by atoms with E-state index in [9.17, 15) is 24.8 Å². The van der Waals surface area contributed by atoms with Gasteiger partial charge in [-0.25, -0.2) is 9.59 Å². The third-order valence-electron chi connectivity index (χ3n) is 3.36. The molecular formula is C17H24N2O6. The Morgan fingerprint density at radius 2 is 1.84 bits per heavy atom. The van der Waals surface area contributed by atoms with Gasteiger partial charge in [-0.05, 0) is 45.1 Å². The van der Waals surface area contributed by atoms with Gasteiger partial charge in [0.1, 0.15) is 11.6 Å². The van der Waals surface area contributed by atoms with Crippen LogP contribution in [-0.2, 0) is 16.0 Å². The van der Waals surface area contributed by atoms with E-state index in [-0.39, 0.29) is 18.0 Å². The topological polar surface area (TPSA) is 119 Å². The number of alkyl carbamates (subject to hydrolysis) is 1. The average molecular weight is 352 g/mol. The number of carboxylic acids is 1. The van der Waals surface area contributed by atoms with Gasteiger partial charge < -0.3 is 15.2 Å². The fraction of sp³-hybridized carbons (Fsp3) is 0.529. The molecule has 2 N–H and O–H groups in total. The lowest BCUT2D eigenvalue weighted by molar-refractivity contribution is -0.384.